The molecule has 2 aliphatic rings. The summed E-state index contributed by atoms with van der Waals surface area (Å²) in [6.45, 7) is 3.43. The Labute approximate surface area is 156 Å². The van der Waals surface area contributed by atoms with Crippen LogP contribution in [0.25, 0.3) is 0 Å². The molecule has 0 radical (unpaired) electrons. The van der Waals surface area contributed by atoms with E-state index in [1.807, 2.05) is 4.90 Å². The number of carbonyl (C=O) groups excluding carboxylic acids is 1. The van der Waals surface area contributed by atoms with E-state index >= 15 is 0 Å². The largest absolute Gasteiger partial charge is 0.389 e. The molecule has 150 valence electrons. The van der Waals surface area contributed by atoms with E-state index < -0.39 is 12.6 Å². The zero-order valence-corrected chi connectivity index (χ0v) is 15.4. The first-order chi connectivity index (χ1) is 12.7. The van der Waals surface area contributed by atoms with Crippen molar-refractivity contribution in [2.24, 2.45) is 0 Å². The average molecular weight is 386 g/mol. The Kier molecular flexibility index (Phi) is 5.88. The normalized spacial score (nSPS) is 22.2. The lowest BCUT2D eigenvalue weighted by atomic mass is 9.88. The van der Waals surface area contributed by atoms with Crippen LogP contribution in [0.4, 0.5) is 19.1 Å². The monoisotopic (exact) mass is 386 g/mol. The van der Waals surface area contributed by atoms with Crippen molar-refractivity contribution >= 4 is 11.9 Å². The van der Waals surface area contributed by atoms with Gasteiger partial charge in [0.2, 0.25) is 11.9 Å². The Morgan fingerprint density at radius 1 is 1.37 bits per heavy atom. The van der Waals surface area contributed by atoms with Crippen LogP contribution in [0.15, 0.2) is 12.3 Å². The highest BCUT2D eigenvalue weighted by atomic mass is 19.4. The number of aryl methyl sites for hydroxylation is 1. The third-order valence-corrected chi connectivity index (χ3v) is 5.24. The molecule has 0 saturated carbocycles. The van der Waals surface area contributed by atoms with E-state index in [0.717, 1.165) is 25.7 Å². The zero-order chi connectivity index (χ0) is 19.5. The second kappa shape index (κ2) is 8.00. The van der Waals surface area contributed by atoms with Crippen LogP contribution in [0.2, 0.25) is 0 Å². The second-order valence-electron chi connectivity index (χ2n) is 7.35. The molecule has 27 heavy (non-hydrogen) atoms. The summed E-state index contributed by atoms with van der Waals surface area (Å²) in [6, 6.07) is 1.54. The lowest BCUT2D eigenvalue weighted by molar-refractivity contribution is -0.134. The van der Waals surface area contributed by atoms with E-state index in [2.05, 4.69) is 15.3 Å². The molecule has 1 atom stereocenters. The van der Waals surface area contributed by atoms with E-state index in [-0.39, 0.29) is 24.0 Å². The van der Waals surface area contributed by atoms with Crippen LogP contribution < -0.4 is 10.2 Å². The molecule has 0 aromatic carbocycles. The van der Waals surface area contributed by atoms with Crippen LogP contribution in [-0.2, 0) is 16.0 Å². The summed E-state index contributed by atoms with van der Waals surface area (Å²) in [4.78, 5) is 21.6. The fourth-order valence-corrected chi connectivity index (χ4v) is 3.72. The summed E-state index contributed by atoms with van der Waals surface area (Å²) in [5.74, 6) is 0.425. The van der Waals surface area contributed by atoms with Gasteiger partial charge in [-0.2, -0.15) is 13.2 Å². The number of halogens is 3. The molecule has 1 aromatic rings. The van der Waals surface area contributed by atoms with Gasteiger partial charge in [0.15, 0.2) is 0 Å². The third kappa shape index (κ3) is 5.54. The SMILES string of the molecule is CC(=O)NC[C@H]1CCC2(CCN(c3nccc(CCC(F)(F)F)n3)CC2)O1. The number of nitrogens with zero attached hydrogens (tertiary/aromatic N) is 3. The summed E-state index contributed by atoms with van der Waals surface area (Å²) in [5.41, 5.74) is 0.234. The minimum atomic E-state index is -4.18. The van der Waals surface area contributed by atoms with Crippen molar-refractivity contribution in [3.05, 3.63) is 18.0 Å². The molecule has 2 fully saturated rings. The molecule has 6 nitrogen and oxygen atoms in total. The van der Waals surface area contributed by atoms with Crippen LogP contribution in [0.5, 0.6) is 0 Å². The molecule has 2 aliphatic heterocycles. The predicted molar refractivity (Wildman–Crippen MR) is 93.4 cm³/mol. The van der Waals surface area contributed by atoms with Crippen LogP contribution in [-0.4, -0.2) is 53.4 Å². The van der Waals surface area contributed by atoms with Crippen molar-refractivity contribution in [3.63, 3.8) is 0 Å². The highest BCUT2D eigenvalue weighted by Gasteiger charge is 2.42. The molecule has 3 rings (SSSR count). The molecule has 0 bridgehead atoms. The van der Waals surface area contributed by atoms with Gasteiger partial charge in [0, 0.05) is 44.9 Å². The summed E-state index contributed by atoms with van der Waals surface area (Å²) in [5, 5.41) is 2.80. The molecule has 9 heteroatoms. The van der Waals surface area contributed by atoms with Gasteiger partial charge in [-0.25, -0.2) is 9.97 Å². The molecule has 3 heterocycles. The van der Waals surface area contributed by atoms with Gasteiger partial charge in [0.05, 0.1) is 11.7 Å². The minimum absolute atomic E-state index is 0.0439. The zero-order valence-electron chi connectivity index (χ0n) is 15.4. The standard InChI is InChI=1S/C18H25F3N4O2/c1-13(26)23-12-15-3-5-17(27-15)7-10-25(11-8-17)16-22-9-4-14(24-16)2-6-18(19,20)21/h4,9,15H,2-3,5-8,10-12H2,1H3,(H,23,26)/t15-/m1/s1. The molecule has 1 N–H and O–H groups in total. The van der Waals surface area contributed by atoms with Crippen molar-refractivity contribution in [3.8, 4) is 0 Å². The number of piperidine rings is 1. The molecule has 0 unspecified atom stereocenters. The number of alkyl halides is 3. The van der Waals surface area contributed by atoms with Gasteiger partial charge in [-0.15, -0.1) is 0 Å². The number of ether oxygens (including phenoxy) is 1. The van der Waals surface area contributed by atoms with Crippen LogP contribution in [0.3, 0.4) is 0 Å². The van der Waals surface area contributed by atoms with Gasteiger partial charge in [-0.05, 0) is 38.2 Å². The molecular weight excluding hydrogens is 361 g/mol. The molecular formula is C18H25F3N4O2. The first kappa shape index (κ1) is 19.9. The number of hydrogen-bond donors (Lipinski definition) is 1. The van der Waals surface area contributed by atoms with E-state index in [1.54, 1.807) is 0 Å². The molecule has 2 saturated heterocycles. The summed E-state index contributed by atoms with van der Waals surface area (Å²) in [7, 11) is 0. The number of aromatic nitrogens is 2. The first-order valence-corrected chi connectivity index (χ1v) is 9.31. The number of carbonyl (C=O) groups is 1. The maximum absolute atomic E-state index is 12.4. The van der Waals surface area contributed by atoms with Gasteiger partial charge < -0.3 is 15.0 Å². The van der Waals surface area contributed by atoms with Gasteiger partial charge in [-0.3, -0.25) is 4.79 Å². The van der Waals surface area contributed by atoms with Gasteiger partial charge in [0.25, 0.3) is 0 Å². The van der Waals surface area contributed by atoms with Crippen LogP contribution >= 0.6 is 0 Å². The van der Waals surface area contributed by atoms with Crippen molar-refractivity contribution in [1.82, 2.24) is 15.3 Å². The Morgan fingerprint density at radius 2 is 2.11 bits per heavy atom. The van der Waals surface area contributed by atoms with Gasteiger partial charge in [-0.1, -0.05) is 0 Å². The van der Waals surface area contributed by atoms with E-state index in [4.69, 9.17) is 4.74 Å². The van der Waals surface area contributed by atoms with Crippen molar-refractivity contribution in [1.29, 1.82) is 0 Å². The lowest BCUT2D eigenvalue weighted by Gasteiger charge is -2.39. The second-order valence-corrected chi connectivity index (χ2v) is 7.35. The van der Waals surface area contributed by atoms with Crippen molar-refractivity contribution in [2.75, 3.05) is 24.5 Å². The van der Waals surface area contributed by atoms with E-state index in [1.165, 1.54) is 19.2 Å². The van der Waals surface area contributed by atoms with Crippen LogP contribution in [0.1, 0.15) is 44.7 Å². The third-order valence-electron chi connectivity index (χ3n) is 5.24. The van der Waals surface area contributed by atoms with E-state index in [0.29, 0.717) is 31.3 Å². The summed E-state index contributed by atoms with van der Waals surface area (Å²) < 4.78 is 43.4. The fraction of sp³-hybridized carbons (Fsp3) is 0.722. The van der Waals surface area contributed by atoms with Crippen molar-refractivity contribution in [2.45, 2.75) is 63.3 Å². The Morgan fingerprint density at radius 3 is 2.78 bits per heavy atom. The fourth-order valence-electron chi connectivity index (χ4n) is 3.72. The number of amides is 1. The quantitative estimate of drug-likeness (QED) is 0.843. The highest BCUT2D eigenvalue weighted by molar-refractivity contribution is 5.72. The molecule has 0 aliphatic carbocycles. The Hall–Kier alpha value is -1.90. The number of nitrogens with one attached hydrogen (secondary N) is 1. The van der Waals surface area contributed by atoms with Crippen molar-refractivity contribution < 1.29 is 22.7 Å². The summed E-state index contributed by atoms with van der Waals surface area (Å²) in [6.07, 6.45) is -0.117. The van der Waals surface area contributed by atoms with Crippen LogP contribution in [0, 0.1) is 0 Å². The highest BCUT2D eigenvalue weighted by Crippen LogP contribution is 2.39. The Balaban J connectivity index is 1.53. The van der Waals surface area contributed by atoms with E-state index in [9.17, 15) is 18.0 Å². The molecule has 1 amide bonds. The Bertz CT molecular complexity index is 660. The van der Waals surface area contributed by atoms with Gasteiger partial charge in [0.1, 0.15) is 0 Å². The van der Waals surface area contributed by atoms with Gasteiger partial charge >= 0.3 is 6.18 Å². The topological polar surface area (TPSA) is 67.4 Å². The first-order valence-electron chi connectivity index (χ1n) is 9.31. The molecule has 1 aromatic heterocycles. The lowest BCUT2D eigenvalue weighted by Crippen LogP contribution is -2.45. The number of rotatable bonds is 5. The smallest absolute Gasteiger partial charge is 0.370 e. The molecule has 1 spiro atoms. The number of anilines is 1. The average Bonchev–Trinajstić information content (AvgIpc) is 3.01. The maximum Gasteiger partial charge on any atom is 0.389 e. The maximum atomic E-state index is 12.4. The summed E-state index contributed by atoms with van der Waals surface area (Å²) >= 11 is 0. The number of hydrogen-bond acceptors (Lipinski definition) is 5. The minimum Gasteiger partial charge on any atom is -0.370 e. The predicted octanol–water partition coefficient (Wildman–Crippen LogP) is 2.63.